The van der Waals surface area contributed by atoms with Crippen molar-refractivity contribution < 1.29 is 0 Å². The van der Waals surface area contributed by atoms with Crippen molar-refractivity contribution >= 4 is 16.3 Å². The fourth-order valence-electron chi connectivity index (χ4n) is 2.42. The van der Waals surface area contributed by atoms with E-state index in [4.69, 9.17) is 0 Å². The van der Waals surface area contributed by atoms with E-state index in [9.17, 15) is 5.26 Å². The van der Waals surface area contributed by atoms with Crippen LogP contribution in [0.3, 0.4) is 0 Å². The van der Waals surface area contributed by atoms with Crippen LogP contribution in [0.15, 0.2) is 24.3 Å². The lowest BCUT2D eigenvalue weighted by atomic mass is 10.1. The van der Waals surface area contributed by atoms with Gasteiger partial charge in [0.2, 0.25) is 4.96 Å². The van der Waals surface area contributed by atoms with Gasteiger partial charge in [-0.1, -0.05) is 56.4 Å². The summed E-state index contributed by atoms with van der Waals surface area (Å²) in [5.41, 5.74) is 3.49. The molecule has 0 saturated carbocycles. The van der Waals surface area contributed by atoms with E-state index in [2.05, 4.69) is 49.1 Å². The van der Waals surface area contributed by atoms with Gasteiger partial charge in [0.1, 0.15) is 16.8 Å². The minimum absolute atomic E-state index is 0.519. The standard InChI is InChI=1S/C17H18N4S/c1-4-12-5-7-13(8-6-12)16-14(10-18)21-17(19-16)22-15(20-21)9-11(2)3/h5-8,11H,4,9H2,1-3H3. The molecule has 22 heavy (non-hydrogen) atoms. The molecule has 0 atom stereocenters. The highest BCUT2D eigenvalue weighted by Crippen LogP contribution is 2.27. The van der Waals surface area contributed by atoms with Gasteiger partial charge >= 0.3 is 0 Å². The van der Waals surface area contributed by atoms with Crippen molar-refractivity contribution in [1.29, 1.82) is 5.26 Å². The predicted molar refractivity (Wildman–Crippen MR) is 88.9 cm³/mol. The minimum Gasteiger partial charge on any atom is -0.216 e. The second-order valence-electron chi connectivity index (χ2n) is 5.76. The summed E-state index contributed by atoms with van der Waals surface area (Å²) in [5, 5.41) is 15.1. The van der Waals surface area contributed by atoms with Gasteiger partial charge in [-0.05, 0) is 17.9 Å². The van der Waals surface area contributed by atoms with Crippen molar-refractivity contribution in [2.24, 2.45) is 5.92 Å². The number of rotatable bonds is 4. The molecule has 4 nitrogen and oxygen atoms in total. The topological polar surface area (TPSA) is 54.0 Å². The molecule has 5 heteroatoms. The first-order valence-corrected chi connectivity index (χ1v) is 8.31. The van der Waals surface area contributed by atoms with Gasteiger partial charge in [0.15, 0.2) is 5.69 Å². The van der Waals surface area contributed by atoms with Crippen LogP contribution in [0.5, 0.6) is 0 Å². The number of aryl methyl sites for hydroxylation is 1. The molecule has 0 unspecified atom stereocenters. The highest BCUT2D eigenvalue weighted by Gasteiger charge is 2.18. The highest BCUT2D eigenvalue weighted by molar-refractivity contribution is 7.16. The van der Waals surface area contributed by atoms with E-state index in [-0.39, 0.29) is 0 Å². The van der Waals surface area contributed by atoms with E-state index in [1.54, 1.807) is 15.9 Å². The van der Waals surface area contributed by atoms with E-state index in [0.717, 1.165) is 34.1 Å². The molecule has 0 aliphatic heterocycles. The van der Waals surface area contributed by atoms with Crippen LogP contribution >= 0.6 is 11.3 Å². The monoisotopic (exact) mass is 310 g/mol. The first-order valence-electron chi connectivity index (χ1n) is 7.50. The molecule has 0 fully saturated rings. The summed E-state index contributed by atoms with van der Waals surface area (Å²) in [4.78, 5) is 5.43. The van der Waals surface area contributed by atoms with Crippen LogP contribution in [0, 0.1) is 17.2 Å². The highest BCUT2D eigenvalue weighted by atomic mass is 32.1. The van der Waals surface area contributed by atoms with Crippen LogP contribution in [-0.2, 0) is 12.8 Å². The Morgan fingerprint density at radius 3 is 2.59 bits per heavy atom. The Balaban J connectivity index is 2.06. The Bertz CT molecular complexity index is 834. The molecule has 0 aliphatic rings. The van der Waals surface area contributed by atoms with Gasteiger partial charge in [-0.25, -0.2) is 4.98 Å². The molecule has 3 aromatic rings. The zero-order chi connectivity index (χ0) is 15.7. The second kappa shape index (κ2) is 5.90. The number of imidazole rings is 1. The Morgan fingerprint density at radius 1 is 1.27 bits per heavy atom. The molecule has 112 valence electrons. The van der Waals surface area contributed by atoms with E-state index in [1.165, 1.54) is 5.56 Å². The number of aromatic nitrogens is 3. The summed E-state index contributed by atoms with van der Waals surface area (Å²) < 4.78 is 1.69. The van der Waals surface area contributed by atoms with E-state index < -0.39 is 0 Å². The summed E-state index contributed by atoms with van der Waals surface area (Å²) in [6.45, 7) is 6.45. The smallest absolute Gasteiger partial charge is 0.214 e. The third-order valence-electron chi connectivity index (χ3n) is 3.57. The number of hydrogen-bond donors (Lipinski definition) is 0. The van der Waals surface area contributed by atoms with Crippen molar-refractivity contribution in [2.45, 2.75) is 33.6 Å². The molecule has 0 amide bonds. The van der Waals surface area contributed by atoms with Gasteiger partial charge in [-0.3, -0.25) is 0 Å². The molecular weight excluding hydrogens is 292 g/mol. The van der Waals surface area contributed by atoms with Crippen LogP contribution in [0.25, 0.3) is 16.2 Å². The number of fused-ring (bicyclic) bond motifs is 1. The number of benzene rings is 1. The third-order valence-corrected chi connectivity index (χ3v) is 4.50. The lowest BCUT2D eigenvalue weighted by Crippen LogP contribution is -1.96. The van der Waals surface area contributed by atoms with E-state index in [0.29, 0.717) is 11.6 Å². The summed E-state index contributed by atoms with van der Waals surface area (Å²) in [6.07, 6.45) is 1.92. The van der Waals surface area contributed by atoms with E-state index >= 15 is 0 Å². The van der Waals surface area contributed by atoms with Gasteiger partial charge < -0.3 is 0 Å². The molecule has 3 rings (SSSR count). The number of nitrogens with zero attached hydrogens (tertiary/aromatic N) is 4. The SMILES string of the molecule is CCc1ccc(-c2nc3sc(CC(C)C)nn3c2C#N)cc1. The molecule has 0 radical (unpaired) electrons. The van der Waals surface area contributed by atoms with Crippen LogP contribution in [-0.4, -0.2) is 14.6 Å². The fraction of sp³-hybridized carbons (Fsp3) is 0.353. The Kier molecular flexibility index (Phi) is 3.95. The minimum atomic E-state index is 0.519. The van der Waals surface area contributed by atoms with Gasteiger partial charge in [-0.2, -0.15) is 14.9 Å². The maximum atomic E-state index is 9.51. The average molecular weight is 310 g/mol. The number of nitriles is 1. The van der Waals surface area contributed by atoms with Crippen molar-refractivity contribution in [1.82, 2.24) is 14.6 Å². The maximum absolute atomic E-state index is 9.51. The second-order valence-corrected chi connectivity index (χ2v) is 6.80. The lowest BCUT2D eigenvalue weighted by molar-refractivity contribution is 0.636. The van der Waals surface area contributed by atoms with Crippen LogP contribution in [0.1, 0.15) is 37.0 Å². The molecule has 2 aromatic heterocycles. The fourth-order valence-corrected chi connectivity index (χ4v) is 3.53. The molecule has 0 bridgehead atoms. The average Bonchev–Trinajstić information content (AvgIpc) is 3.03. The first kappa shape index (κ1) is 14.7. The molecule has 0 saturated heterocycles. The van der Waals surface area contributed by atoms with Gasteiger partial charge in [0.05, 0.1) is 0 Å². The number of hydrogen-bond acceptors (Lipinski definition) is 4. The predicted octanol–water partition coefficient (Wildman–Crippen LogP) is 4.09. The summed E-state index contributed by atoms with van der Waals surface area (Å²) in [5.74, 6) is 0.544. The van der Waals surface area contributed by atoms with Crippen molar-refractivity contribution in [2.75, 3.05) is 0 Å². The summed E-state index contributed by atoms with van der Waals surface area (Å²) >= 11 is 1.57. The Hall–Kier alpha value is -2.19. The maximum Gasteiger partial charge on any atom is 0.214 e. The first-order chi connectivity index (χ1) is 10.6. The van der Waals surface area contributed by atoms with Crippen molar-refractivity contribution in [3.8, 4) is 17.3 Å². The molecule has 2 heterocycles. The van der Waals surface area contributed by atoms with Crippen molar-refractivity contribution in [3.63, 3.8) is 0 Å². The van der Waals surface area contributed by atoms with Crippen molar-refractivity contribution in [3.05, 3.63) is 40.5 Å². The molecule has 1 aromatic carbocycles. The zero-order valence-electron chi connectivity index (χ0n) is 13.0. The van der Waals surface area contributed by atoms with E-state index in [1.807, 2.05) is 12.1 Å². The van der Waals surface area contributed by atoms with Gasteiger partial charge in [0, 0.05) is 12.0 Å². The van der Waals surface area contributed by atoms with Crippen LogP contribution in [0.4, 0.5) is 0 Å². The normalized spacial score (nSPS) is 11.2. The molecule has 0 aliphatic carbocycles. The van der Waals surface area contributed by atoms with Gasteiger partial charge in [0.25, 0.3) is 0 Å². The summed E-state index contributed by atoms with van der Waals surface area (Å²) in [7, 11) is 0. The zero-order valence-corrected chi connectivity index (χ0v) is 13.8. The van der Waals surface area contributed by atoms with Crippen LogP contribution in [0.2, 0.25) is 0 Å². The molecular formula is C17H18N4S. The third kappa shape index (κ3) is 2.62. The lowest BCUT2D eigenvalue weighted by Gasteiger charge is -2.00. The quantitative estimate of drug-likeness (QED) is 0.729. The largest absolute Gasteiger partial charge is 0.216 e. The Labute approximate surface area is 134 Å². The Morgan fingerprint density at radius 2 is 2.00 bits per heavy atom. The summed E-state index contributed by atoms with van der Waals surface area (Å²) in [6, 6.07) is 10.5. The van der Waals surface area contributed by atoms with Gasteiger partial charge in [-0.15, -0.1) is 0 Å². The van der Waals surface area contributed by atoms with Crippen LogP contribution < -0.4 is 0 Å². The molecule has 0 spiro atoms. The molecule has 0 N–H and O–H groups in total.